The molecule has 3 nitrogen and oxygen atoms in total. The lowest BCUT2D eigenvalue weighted by atomic mass is 10.0. The normalized spacial score (nSPS) is 37.3. The van der Waals surface area contributed by atoms with Crippen LogP contribution in [0.25, 0.3) is 0 Å². The molecule has 2 rings (SSSR count). The number of fused-ring (bicyclic) bond motifs is 3. The van der Waals surface area contributed by atoms with E-state index in [1.807, 2.05) is 0 Å². The van der Waals surface area contributed by atoms with Gasteiger partial charge in [-0.15, -0.1) is 0 Å². The summed E-state index contributed by atoms with van der Waals surface area (Å²) in [6, 6.07) is 0. The Hall–Kier alpha value is -0.120. The van der Waals surface area contributed by atoms with Crippen molar-refractivity contribution < 1.29 is 0 Å². The third-order valence-electron chi connectivity index (χ3n) is 4.65. The summed E-state index contributed by atoms with van der Waals surface area (Å²) in [5, 5.41) is 0. The van der Waals surface area contributed by atoms with E-state index in [0.717, 1.165) is 5.92 Å². The van der Waals surface area contributed by atoms with Crippen LogP contribution in [0.15, 0.2) is 0 Å². The molecule has 0 spiro atoms. The minimum Gasteiger partial charge on any atom is -0.305 e. The molecule has 106 valence electrons. The van der Waals surface area contributed by atoms with Gasteiger partial charge in [-0.3, -0.25) is 0 Å². The molecule has 0 saturated carbocycles. The van der Waals surface area contributed by atoms with Gasteiger partial charge in [0, 0.05) is 26.2 Å². The molecule has 0 radical (unpaired) electrons. The molecule has 0 aliphatic carbocycles. The Morgan fingerprint density at radius 3 is 2.17 bits per heavy atom. The first-order valence-electron chi connectivity index (χ1n) is 7.87. The maximum atomic E-state index is 2.70. The van der Waals surface area contributed by atoms with Crippen LogP contribution in [-0.4, -0.2) is 74.1 Å². The van der Waals surface area contributed by atoms with Crippen LogP contribution in [0.5, 0.6) is 0 Å². The molecular weight excluding hydrogens is 222 g/mol. The van der Waals surface area contributed by atoms with Crippen LogP contribution < -0.4 is 0 Å². The van der Waals surface area contributed by atoms with Crippen LogP contribution in [0.1, 0.15) is 32.6 Å². The SMILES string of the molecule is CC1CCCN2CCN(C)CCCN(CC1)CC2. The summed E-state index contributed by atoms with van der Waals surface area (Å²) in [4.78, 5) is 7.89. The van der Waals surface area contributed by atoms with Gasteiger partial charge in [-0.25, -0.2) is 0 Å². The van der Waals surface area contributed by atoms with Crippen LogP contribution in [0.4, 0.5) is 0 Å². The van der Waals surface area contributed by atoms with E-state index in [2.05, 4.69) is 28.7 Å². The molecule has 0 aromatic carbocycles. The monoisotopic (exact) mass is 253 g/mol. The number of rotatable bonds is 0. The van der Waals surface area contributed by atoms with E-state index >= 15 is 0 Å². The van der Waals surface area contributed by atoms with Gasteiger partial charge in [0.05, 0.1) is 0 Å². The number of hydrogen-bond acceptors (Lipinski definition) is 3. The molecule has 3 heteroatoms. The minimum absolute atomic E-state index is 0.915. The van der Waals surface area contributed by atoms with Gasteiger partial charge < -0.3 is 14.7 Å². The Bertz CT molecular complexity index is 208. The molecule has 0 N–H and O–H groups in total. The highest BCUT2D eigenvalue weighted by molar-refractivity contribution is 4.71. The topological polar surface area (TPSA) is 9.72 Å². The van der Waals surface area contributed by atoms with E-state index in [1.165, 1.54) is 78.0 Å². The summed E-state index contributed by atoms with van der Waals surface area (Å²) in [7, 11) is 2.28. The van der Waals surface area contributed by atoms with E-state index in [9.17, 15) is 0 Å². The Morgan fingerprint density at radius 1 is 0.667 bits per heavy atom. The molecule has 2 fully saturated rings. The molecule has 0 aromatic heterocycles. The van der Waals surface area contributed by atoms with E-state index < -0.39 is 0 Å². The zero-order valence-electron chi connectivity index (χ0n) is 12.4. The Kier molecular flexibility index (Phi) is 5.93. The summed E-state index contributed by atoms with van der Waals surface area (Å²) in [5.74, 6) is 0.915. The van der Waals surface area contributed by atoms with Crippen molar-refractivity contribution in [2.24, 2.45) is 5.92 Å². The predicted molar refractivity (Wildman–Crippen MR) is 78.0 cm³/mol. The third kappa shape index (κ3) is 4.87. The molecule has 2 aliphatic rings. The fourth-order valence-corrected chi connectivity index (χ4v) is 3.15. The molecule has 2 heterocycles. The molecule has 3 atom stereocenters. The summed E-state index contributed by atoms with van der Waals surface area (Å²) < 4.78 is 0. The van der Waals surface area contributed by atoms with Gasteiger partial charge in [0.1, 0.15) is 0 Å². The highest BCUT2D eigenvalue weighted by Crippen LogP contribution is 2.14. The second-order valence-electron chi connectivity index (χ2n) is 6.38. The lowest BCUT2D eigenvalue weighted by Gasteiger charge is -2.33. The van der Waals surface area contributed by atoms with Crippen molar-refractivity contribution in [3.8, 4) is 0 Å². The fourth-order valence-electron chi connectivity index (χ4n) is 3.15. The highest BCUT2D eigenvalue weighted by atomic mass is 15.2. The largest absolute Gasteiger partial charge is 0.305 e. The maximum Gasteiger partial charge on any atom is 0.0110 e. The zero-order chi connectivity index (χ0) is 12.8. The molecule has 18 heavy (non-hydrogen) atoms. The van der Waals surface area contributed by atoms with Gasteiger partial charge in [0.2, 0.25) is 0 Å². The smallest absolute Gasteiger partial charge is 0.0110 e. The van der Waals surface area contributed by atoms with Gasteiger partial charge in [0.15, 0.2) is 0 Å². The lowest BCUT2D eigenvalue weighted by molar-refractivity contribution is 0.145. The van der Waals surface area contributed by atoms with Crippen LogP contribution >= 0.6 is 0 Å². The van der Waals surface area contributed by atoms with Gasteiger partial charge in [0.25, 0.3) is 0 Å². The highest BCUT2D eigenvalue weighted by Gasteiger charge is 2.16. The summed E-state index contributed by atoms with van der Waals surface area (Å²) >= 11 is 0. The van der Waals surface area contributed by atoms with E-state index in [1.54, 1.807) is 0 Å². The second kappa shape index (κ2) is 7.46. The average Bonchev–Trinajstić information content (AvgIpc) is 2.37. The Morgan fingerprint density at radius 2 is 1.33 bits per heavy atom. The number of likely N-dealkylation sites (N-methyl/N-ethyl adjacent to an activating group) is 1. The van der Waals surface area contributed by atoms with Gasteiger partial charge in [-0.2, -0.15) is 0 Å². The number of hydrogen-bond donors (Lipinski definition) is 0. The summed E-state index contributed by atoms with van der Waals surface area (Å²) in [6.07, 6.45) is 5.55. The van der Waals surface area contributed by atoms with Crippen molar-refractivity contribution in [2.45, 2.75) is 32.6 Å². The van der Waals surface area contributed by atoms with E-state index in [-0.39, 0.29) is 0 Å². The van der Waals surface area contributed by atoms with Crippen molar-refractivity contribution in [1.29, 1.82) is 0 Å². The quantitative estimate of drug-likeness (QED) is 0.651. The summed E-state index contributed by atoms with van der Waals surface area (Å²) in [5.41, 5.74) is 0. The number of nitrogens with zero attached hydrogens (tertiary/aromatic N) is 3. The van der Waals surface area contributed by atoms with Gasteiger partial charge in [-0.1, -0.05) is 6.92 Å². The standard InChI is InChI=1S/C15H31N3/c1-15-5-3-8-18-12-11-16(2)7-4-9-17(10-6-15)13-14-18/h15H,3-14H2,1-2H3. The predicted octanol–water partition coefficient (Wildman–Crippen LogP) is 1.75. The first-order chi connectivity index (χ1) is 8.74. The third-order valence-corrected chi connectivity index (χ3v) is 4.65. The van der Waals surface area contributed by atoms with Crippen molar-refractivity contribution >= 4 is 0 Å². The minimum atomic E-state index is 0.915. The zero-order valence-corrected chi connectivity index (χ0v) is 12.4. The van der Waals surface area contributed by atoms with E-state index in [4.69, 9.17) is 0 Å². The second-order valence-corrected chi connectivity index (χ2v) is 6.38. The van der Waals surface area contributed by atoms with Crippen molar-refractivity contribution in [3.05, 3.63) is 0 Å². The van der Waals surface area contributed by atoms with Crippen LogP contribution in [-0.2, 0) is 0 Å². The van der Waals surface area contributed by atoms with Crippen LogP contribution in [0.2, 0.25) is 0 Å². The Balaban J connectivity index is 1.95. The molecular formula is C15H31N3. The Labute approximate surface area is 113 Å². The molecule has 2 saturated heterocycles. The van der Waals surface area contributed by atoms with Crippen molar-refractivity contribution in [2.75, 3.05) is 59.4 Å². The van der Waals surface area contributed by atoms with Gasteiger partial charge >= 0.3 is 0 Å². The lowest BCUT2D eigenvalue weighted by Crippen LogP contribution is -2.43. The van der Waals surface area contributed by atoms with Crippen molar-refractivity contribution in [1.82, 2.24) is 14.7 Å². The molecule has 3 unspecified atom stereocenters. The molecule has 0 aromatic rings. The summed E-state index contributed by atoms with van der Waals surface area (Å²) in [6.45, 7) is 12.7. The van der Waals surface area contributed by atoms with E-state index in [0.29, 0.717) is 0 Å². The van der Waals surface area contributed by atoms with Gasteiger partial charge in [-0.05, 0) is 64.8 Å². The van der Waals surface area contributed by atoms with Crippen LogP contribution in [0.3, 0.4) is 0 Å². The average molecular weight is 253 g/mol. The van der Waals surface area contributed by atoms with Crippen LogP contribution in [0, 0.1) is 5.92 Å². The molecule has 0 amide bonds. The van der Waals surface area contributed by atoms with Crippen molar-refractivity contribution in [3.63, 3.8) is 0 Å². The maximum absolute atomic E-state index is 2.70. The fraction of sp³-hybridized carbons (Fsp3) is 1.00. The first-order valence-corrected chi connectivity index (χ1v) is 7.87. The molecule has 2 bridgehead atoms. The molecule has 2 aliphatic heterocycles. The first kappa shape index (κ1) is 14.3.